The second-order valence-electron chi connectivity index (χ2n) is 6.25. The highest BCUT2D eigenvalue weighted by Gasteiger charge is 2.25. The van der Waals surface area contributed by atoms with Gasteiger partial charge in [0, 0.05) is 12.6 Å². The molecule has 2 aromatic carbocycles. The summed E-state index contributed by atoms with van der Waals surface area (Å²) >= 11 is 0. The van der Waals surface area contributed by atoms with E-state index in [4.69, 9.17) is 4.74 Å². The van der Waals surface area contributed by atoms with Crippen molar-refractivity contribution in [2.75, 3.05) is 13.7 Å². The van der Waals surface area contributed by atoms with Crippen LogP contribution in [0.2, 0.25) is 0 Å². The largest absolute Gasteiger partial charge is 0.469 e. The smallest absolute Gasteiger partial charge is 0.310 e. The first-order valence-electron chi connectivity index (χ1n) is 8.69. The molecule has 0 N–H and O–H groups in total. The van der Waals surface area contributed by atoms with Gasteiger partial charge in [0.1, 0.15) is 0 Å². The molecule has 0 saturated carbocycles. The van der Waals surface area contributed by atoms with E-state index in [9.17, 15) is 9.59 Å². The van der Waals surface area contributed by atoms with Crippen LogP contribution in [0.3, 0.4) is 0 Å². The fraction of sp³-hybridized carbons (Fsp3) is 0.273. The van der Waals surface area contributed by atoms with Crippen molar-refractivity contribution < 1.29 is 14.3 Å². The monoisotopic (exact) mass is 351 g/mol. The molecule has 0 aliphatic rings. The van der Waals surface area contributed by atoms with Gasteiger partial charge in [0.25, 0.3) is 0 Å². The lowest BCUT2D eigenvalue weighted by Gasteiger charge is -2.30. The summed E-state index contributed by atoms with van der Waals surface area (Å²) in [5, 5.41) is 0. The quantitative estimate of drug-likeness (QED) is 0.557. The third-order valence-electron chi connectivity index (χ3n) is 4.32. The predicted octanol–water partition coefficient (Wildman–Crippen LogP) is 4.10. The van der Waals surface area contributed by atoms with Gasteiger partial charge >= 0.3 is 5.97 Å². The highest BCUT2D eigenvalue weighted by molar-refractivity contribution is 5.92. The zero-order valence-electron chi connectivity index (χ0n) is 15.5. The van der Waals surface area contributed by atoms with Crippen LogP contribution in [-0.4, -0.2) is 30.4 Å². The number of esters is 1. The zero-order valence-corrected chi connectivity index (χ0v) is 15.5. The van der Waals surface area contributed by atoms with Crippen molar-refractivity contribution in [3.05, 3.63) is 77.9 Å². The summed E-state index contributed by atoms with van der Waals surface area (Å²) in [7, 11) is 1.36. The molecule has 1 amide bonds. The van der Waals surface area contributed by atoms with Crippen molar-refractivity contribution in [1.29, 1.82) is 0 Å². The van der Waals surface area contributed by atoms with Gasteiger partial charge in [0.05, 0.1) is 19.1 Å². The minimum atomic E-state index is -0.403. The molecule has 0 bridgehead atoms. The van der Waals surface area contributed by atoms with E-state index in [1.165, 1.54) is 7.11 Å². The molecule has 4 heteroatoms. The lowest BCUT2D eigenvalue weighted by molar-refractivity contribution is -0.146. The summed E-state index contributed by atoms with van der Waals surface area (Å²) in [6.45, 7) is 4.03. The number of amides is 1. The lowest BCUT2D eigenvalue weighted by Crippen LogP contribution is -2.38. The van der Waals surface area contributed by atoms with Crippen LogP contribution in [0.15, 0.2) is 66.7 Å². The summed E-state index contributed by atoms with van der Waals surface area (Å²) in [5.74, 6) is -0.865. The topological polar surface area (TPSA) is 46.6 Å². The molecule has 4 nitrogen and oxygen atoms in total. The number of carbonyl (C=O) groups is 2. The van der Waals surface area contributed by atoms with Gasteiger partial charge in [-0.25, -0.2) is 0 Å². The minimum Gasteiger partial charge on any atom is -0.469 e. The Kier molecular flexibility index (Phi) is 7.15. The van der Waals surface area contributed by atoms with Crippen LogP contribution < -0.4 is 0 Å². The van der Waals surface area contributed by atoms with Crippen molar-refractivity contribution in [2.45, 2.75) is 19.9 Å². The second-order valence-corrected chi connectivity index (χ2v) is 6.25. The Bertz CT molecular complexity index is 740. The van der Waals surface area contributed by atoms with Gasteiger partial charge in [0.15, 0.2) is 0 Å². The van der Waals surface area contributed by atoms with Gasteiger partial charge < -0.3 is 9.64 Å². The molecule has 0 aromatic heterocycles. The van der Waals surface area contributed by atoms with Gasteiger partial charge in [-0.3, -0.25) is 9.59 Å². The Morgan fingerprint density at radius 1 is 1.00 bits per heavy atom. The predicted molar refractivity (Wildman–Crippen MR) is 103 cm³/mol. The Morgan fingerprint density at radius 2 is 1.58 bits per heavy atom. The molecule has 0 aliphatic carbocycles. The zero-order chi connectivity index (χ0) is 18.9. The normalized spacial score (nSPS) is 13.2. The molecule has 0 fully saturated rings. The van der Waals surface area contributed by atoms with Gasteiger partial charge in [0.2, 0.25) is 5.91 Å². The molecule has 2 aromatic rings. The third-order valence-corrected chi connectivity index (χ3v) is 4.32. The van der Waals surface area contributed by atoms with E-state index in [-0.39, 0.29) is 17.9 Å². The molecular formula is C22H25NO3. The molecule has 2 unspecified atom stereocenters. The van der Waals surface area contributed by atoms with Crippen molar-refractivity contribution >= 4 is 18.0 Å². The van der Waals surface area contributed by atoms with Crippen LogP contribution >= 0.6 is 0 Å². The van der Waals surface area contributed by atoms with Gasteiger partial charge in [-0.1, -0.05) is 67.6 Å². The van der Waals surface area contributed by atoms with E-state index in [0.717, 1.165) is 11.1 Å². The Balaban J connectivity index is 2.22. The summed E-state index contributed by atoms with van der Waals surface area (Å²) in [4.78, 5) is 26.4. The van der Waals surface area contributed by atoms with Crippen LogP contribution in [0.1, 0.15) is 31.0 Å². The standard InChI is InChI=1S/C22H25NO3/c1-17(22(25)26-3)16-23(18(2)20-12-8-5-9-13-20)21(24)15-14-19-10-6-4-7-11-19/h4-15,17-18H,16H2,1-3H3/b15-14+. The number of hydrogen-bond acceptors (Lipinski definition) is 3. The maximum absolute atomic E-state index is 12.9. The molecule has 2 rings (SSSR count). The second kappa shape index (κ2) is 9.56. The SMILES string of the molecule is COC(=O)C(C)CN(C(=O)/C=C/c1ccccc1)C(C)c1ccccc1. The van der Waals surface area contributed by atoms with Crippen LogP contribution in [-0.2, 0) is 14.3 Å². The fourth-order valence-electron chi connectivity index (χ4n) is 2.75. The van der Waals surface area contributed by atoms with Gasteiger partial charge in [-0.15, -0.1) is 0 Å². The molecular weight excluding hydrogens is 326 g/mol. The molecule has 0 aliphatic heterocycles. The number of nitrogens with zero attached hydrogens (tertiary/aromatic N) is 1. The summed E-state index contributed by atoms with van der Waals surface area (Å²) < 4.78 is 4.81. The maximum atomic E-state index is 12.9. The van der Waals surface area contributed by atoms with E-state index >= 15 is 0 Å². The summed E-state index contributed by atoms with van der Waals surface area (Å²) in [6.07, 6.45) is 3.34. The summed E-state index contributed by atoms with van der Waals surface area (Å²) in [5.41, 5.74) is 1.97. The molecule has 2 atom stereocenters. The molecule has 0 saturated heterocycles. The number of methoxy groups -OCH3 is 1. The number of rotatable bonds is 7. The first-order chi connectivity index (χ1) is 12.5. The van der Waals surface area contributed by atoms with Gasteiger partial charge in [-0.2, -0.15) is 0 Å². The first-order valence-corrected chi connectivity index (χ1v) is 8.69. The highest BCUT2D eigenvalue weighted by Crippen LogP contribution is 2.22. The highest BCUT2D eigenvalue weighted by atomic mass is 16.5. The molecule has 26 heavy (non-hydrogen) atoms. The van der Waals surface area contributed by atoms with Gasteiger partial charge in [-0.05, 0) is 24.1 Å². The Hall–Kier alpha value is -2.88. The van der Waals surface area contributed by atoms with E-state index in [0.29, 0.717) is 6.54 Å². The Morgan fingerprint density at radius 3 is 2.15 bits per heavy atom. The maximum Gasteiger partial charge on any atom is 0.310 e. The Labute approximate surface area is 155 Å². The van der Waals surface area contributed by atoms with Crippen LogP contribution in [0, 0.1) is 5.92 Å². The summed E-state index contributed by atoms with van der Waals surface area (Å²) in [6, 6.07) is 19.3. The van der Waals surface area contributed by atoms with E-state index in [2.05, 4.69) is 0 Å². The van der Waals surface area contributed by atoms with Crippen molar-refractivity contribution in [2.24, 2.45) is 5.92 Å². The number of carbonyl (C=O) groups excluding carboxylic acids is 2. The van der Waals surface area contributed by atoms with Crippen molar-refractivity contribution in [3.63, 3.8) is 0 Å². The first kappa shape index (κ1) is 19.4. The molecule has 136 valence electrons. The van der Waals surface area contributed by atoms with Crippen molar-refractivity contribution in [1.82, 2.24) is 4.90 Å². The van der Waals surface area contributed by atoms with Crippen LogP contribution in [0.4, 0.5) is 0 Å². The number of ether oxygens (including phenoxy) is 1. The fourth-order valence-corrected chi connectivity index (χ4v) is 2.75. The van der Waals surface area contributed by atoms with Crippen LogP contribution in [0.5, 0.6) is 0 Å². The van der Waals surface area contributed by atoms with E-state index < -0.39 is 5.92 Å². The van der Waals surface area contributed by atoms with Crippen LogP contribution in [0.25, 0.3) is 6.08 Å². The van der Waals surface area contributed by atoms with E-state index in [1.807, 2.05) is 67.6 Å². The molecule has 0 spiro atoms. The number of hydrogen-bond donors (Lipinski definition) is 0. The average molecular weight is 351 g/mol. The molecule has 0 heterocycles. The third kappa shape index (κ3) is 5.31. The number of benzene rings is 2. The minimum absolute atomic E-state index is 0.138. The lowest BCUT2D eigenvalue weighted by atomic mass is 10.0. The van der Waals surface area contributed by atoms with E-state index in [1.54, 1.807) is 24.0 Å². The molecule has 0 radical (unpaired) electrons. The average Bonchev–Trinajstić information content (AvgIpc) is 2.70. The van der Waals surface area contributed by atoms with Crippen molar-refractivity contribution in [3.8, 4) is 0 Å².